The lowest BCUT2D eigenvalue weighted by Crippen LogP contribution is -1.99. The topological polar surface area (TPSA) is 111 Å². The van der Waals surface area contributed by atoms with E-state index < -0.39 is 10.9 Å². The first kappa shape index (κ1) is 10.7. The van der Waals surface area contributed by atoms with Gasteiger partial charge < -0.3 is 5.11 Å². The van der Waals surface area contributed by atoms with E-state index in [1.165, 1.54) is 29.2 Å². The van der Waals surface area contributed by atoms with Gasteiger partial charge in [-0.15, -0.1) is 0 Å². The lowest BCUT2D eigenvalue weighted by Gasteiger charge is -1.98. The molecule has 17 heavy (non-hydrogen) atoms. The van der Waals surface area contributed by atoms with E-state index in [9.17, 15) is 14.9 Å². The van der Waals surface area contributed by atoms with Gasteiger partial charge in [0.1, 0.15) is 6.20 Å². The molecule has 0 fully saturated rings. The van der Waals surface area contributed by atoms with Gasteiger partial charge in [-0.25, -0.2) is 14.5 Å². The Labute approximate surface area is 94.3 Å². The maximum absolute atomic E-state index is 10.6. The number of pyridine rings is 1. The van der Waals surface area contributed by atoms with Gasteiger partial charge in [-0.1, -0.05) is 0 Å². The molecule has 0 saturated heterocycles. The molecule has 8 heteroatoms. The Morgan fingerprint density at radius 1 is 1.41 bits per heavy atom. The number of carbonyl (C=O) groups is 1. The van der Waals surface area contributed by atoms with Gasteiger partial charge in [-0.2, -0.15) is 5.10 Å². The normalized spacial score (nSPS) is 10.1. The number of nitrogens with zero attached hydrogens (tertiary/aromatic N) is 4. The van der Waals surface area contributed by atoms with Crippen LogP contribution in [0.25, 0.3) is 5.82 Å². The van der Waals surface area contributed by atoms with Crippen molar-refractivity contribution in [1.82, 2.24) is 14.8 Å². The highest BCUT2D eigenvalue weighted by molar-refractivity contribution is 5.86. The van der Waals surface area contributed by atoms with Crippen molar-refractivity contribution in [3.8, 4) is 5.82 Å². The number of aromatic nitrogens is 3. The first-order valence-electron chi connectivity index (χ1n) is 4.47. The van der Waals surface area contributed by atoms with Crippen molar-refractivity contribution in [2.24, 2.45) is 0 Å². The Bertz CT molecular complexity index is 575. The van der Waals surface area contributed by atoms with E-state index in [0.717, 1.165) is 6.20 Å². The molecule has 1 N–H and O–H groups in total. The van der Waals surface area contributed by atoms with E-state index in [2.05, 4.69) is 10.1 Å². The molecular formula is C9H6N4O4. The molecule has 8 nitrogen and oxygen atoms in total. The molecule has 0 spiro atoms. The second kappa shape index (κ2) is 4.00. The van der Waals surface area contributed by atoms with Crippen molar-refractivity contribution in [3.63, 3.8) is 0 Å². The fraction of sp³-hybridized carbons (Fsp3) is 0. The Morgan fingerprint density at radius 3 is 2.65 bits per heavy atom. The highest BCUT2D eigenvalue weighted by Crippen LogP contribution is 2.11. The van der Waals surface area contributed by atoms with Crippen molar-refractivity contribution in [2.45, 2.75) is 0 Å². The van der Waals surface area contributed by atoms with E-state index in [4.69, 9.17) is 5.11 Å². The summed E-state index contributed by atoms with van der Waals surface area (Å²) in [5, 5.41) is 22.9. The zero-order chi connectivity index (χ0) is 12.4. The standard InChI is InChI=1S/C9H6N4O4/c14-9(15)6-3-11-12(5-6)8-2-1-7(4-10-8)13(16)17/h1-5H,(H,14,15). The lowest BCUT2D eigenvalue weighted by atomic mass is 10.4. The monoisotopic (exact) mass is 234 g/mol. The summed E-state index contributed by atoms with van der Waals surface area (Å²) in [4.78, 5) is 24.3. The average Bonchev–Trinajstić information content (AvgIpc) is 2.78. The van der Waals surface area contributed by atoms with E-state index in [1.54, 1.807) is 0 Å². The minimum absolute atomic E-state index is 0.0187. The molecule has 0 atom stereocenters. The van der Waals surface area contributed by atoms with E-state index >= 15 is 0 Å². The number of carboxylic acids is 1. The van der Waals surface area contributed by atoms with Crippen molar-refractivity contribution in [2.75, 3.05) is 0 Å². The Balaban J connectivity index is 2.33. The highest BCUT2D eigenvalue weighted by atomic mass is 16.6. The summed E-state index contributed by atoms with van der Waals surface area (Å²) in [7, 11) is 0. The van der Waals surface area contributed by atoms with Crippen LogP contribution in [-0.2, 0) is 0 Å². The SMILES string of the molecule is O=C(O)c1cnn(-c2ccc([N+](=O)[O-])cn2)c1. The van der Waals surface area contributed by atoms with E-state index in [0.29, 0.717) is 5.82 Å². The van der Waals surface area contributed by atoms with Crippen LogP contribution in [0.1, 0.15) is 10.4 Å². The Morgan fingerprint density at radius 2 is 2.18 bits per heavy atom. The minimum Gasteiger partial charge on any atom is -0.478 e. The number of hydrogen-bond acceptors (Lipinski definition) is 5. The molecule has 0 aliphatic rings. The average molecular weight is 234 g/mol. The third-order valence-electron chi connectivity index (χ3n) is 2.01. The van der Waals surface area contributed by atoms with Crippen LogP contribution in [0.2, 0.25) is 0 Å². The van der Waals surface area contributed by atoms with Crippen LogP contribution in [0, 0.1) is 10.1 Å². The number of nitro groups is 1. The van der Waals surface area contributed by atoms with Gasteiger partial charge in [-0.3, -0.25) is 10.1 Å². The van der Waals surface area contributed by atoms with Crippen molar-refractivity contribution in [3.05, 3.63) is 46.4 Å². The van der Waals surface area contributed by atoms with Crippen molar-refractivity contribution < 1.29 is 14.8 Å². The fourth-order valence-electron chi connectivity index (χ4n) is 1.18. The maximum atomic E-state index is 10.6. The van der Waals surface area contributed by atoms with Crippen molar-refractivity contribution in [1.29, 1.82) is 0 Å². The Hall–Kier alpha value is -2.77. The molecule has 0 aliphatic carbocycles. The van der Waals surface area contributed by atoms with Gasteiger partial charge in [0.05, 0.1) is 16.7 Å². The molecule has 2 aromatic heterocycles. The molecule has 0 aliphatic heterocycles. The maximum Gasteiger partial charge on any atom is 0.338 e. The van der Waals surface area contributed by atoms with Crippen LogP contribution in [0.3, 0.4) is 0 Å². The molecule has 0 unspecified atom stereocenters. The summed E-state index contributed by atoms with van der Waals surface area (Å²) in [6, 6.07) is 2.65. The molecule has 0 radical (unpaired) electrons. The summed E-state index contributed by atoms with van der Waals surface area (Å²) in [6.45, 7) is 0. The molecule has 0 bridgehead atoms. The quantitative estimate of drug-likeness (QED) is 0.623. The second-order valence-corrected chi connectivity index (χ2v) is 3.11. The lowest BCUT2D eigenvalue weighted by molar-refractivity contribution is -0.385. The van der Waals surface area contributed by atoms with Crippen LogP contribution >= 0.6 is 0 Å². The van der Waals surface area contributed by atoms with Gasteiger partial charge in [0.25, 0.3) is 5.69 Å². The summed E-state index contributed by atoms with van der Waals surface area (Å²) in [5.74, 6) is -0.790. The van der Waals surface area contributed by atoms with E-state index in [-0.39, 0.29) is 11.3 Å². The first-order valence-corrected chi connectivity index (χ1v) is 4.47. The van der Waals surface area contributed by atoms with Gasteiger partial charge in [0.15, 0.2) is 5.82 Å². The van der Waals surface area contributed by atoms with Crippen LogP contribution in [0.15, 0.2) is 30.7 Å². The summed E-state index contributed by atoms with van der Waals surface area (Å²) in [6.07, 6.45) is 3.53. The number of rotatable bonds is 3. The predicted octanol–water partition coefficient (Wildman–Crippen LogP) is 0.874. The van der Waals surface area contributed by atoms with E-state index in [1.807, 2.05) is 0 Å². The van der Waals surface area contributed by atoms with Gasteiger partial charge >= 0.3 is 5.97 Å². The highest BCUT2D eigenvalue weighted by Gasteiger charge is 2.09. The molecule has 0 saturated carbocycles. The molecule has 86 valence electrons. The number of aromatic carboxylic acids is 1. The van der Waals surface area contributed by atoms with Crippen LogP contribution < -0.4 is 0 Å². The largest absolute Gasteiger partial charge is 0.478 e. The molecule has 2 heterocycles. The third-order valence-corrected chi connectivity index (χ3v) is 2.01. The van der Waals surface area contributed by atoms with Crippen LogP contribution in [0.5, 0.6) is 0 Å². The molecular weight excluding hydrogens is 228 g/mol. The summed E-state index contributed by atoms with van der Waals surface area (Å²) in [5.41, 5.74) is -0.121. The minimum atomic E-state index is -1.10. The zero-order valence-corrected chi connectivity index (χ0v) is 8.35. The van der Waals surface area contributed by atoms with Crippen LogP contribution in [-0.4, -0.2) is 30.8 Å². The molecule has 0 amide bonds. The molecule has 0 aromatic carbocycles. The molecule has 2 rings (SSSR count). The fourth-order valence-corrected chi connectivity index (χ4v) is 1.18. The van der Waals surface area contributed by atoms with Gasteiger partial charge in [-0.05, 0) is 6.07 Å². The van der Waals surface area contributed by atoms with Gasteiger partial charge in [0.2, 0.25) is 0 Å². The second-order valence-electron chi connectivity index (χ2n) is 3.11. The van der Waals surface area contributed by atoms with Gasteiger partial charge in [0, 0.05) is 12.3 Å². The summed E-state index contributed by atoms with van der Waals surface area (Å²) < 4.78 is 1.23. The number of carboxylic acid groups (broad SMARTS) is 1. The predicted molar refractivity (Wildman–Crippen MR) is 55.0 cm³/mol. The first-order chi connectivity index (χ1) is 8.08. The van der Waals surface area contributed by atoms with Crippen molar-refractivity contribution >= 4 is 11.7 Å². The molecule has 2 aromatic rings. The Kier molecular flexibility index (Phi) is 2.53. The summed E-state index contributed by atoms with van der Waals surface area (Å²) >= 11 is 0. The number of hydrogen-bond donors (Lipinski definition) is 1. The smallest absolute Gasteiger partial charge is 0.338 e. The third kappa shape index (κ3) is 2.09. The van der Waals surface area contributed by atoms with Crippen LogP contribution in [0.4, 0.5) is 5.69 Å². The zero-order valence-electron chi connectivity index (χ0n) is 8.35.